The van der Waals surface area contributed by atoms with E-state index in [9.17, 15) is 4.79 Å². The molecule has 90 valence electrons. The lowest BCUT2D eigenvalue weighted by molar-refractivity contribution is 0.862. The van der Waals surface area contributed by atoms with Crippen molar-refractivity contribution in [3.63, 3.8) is 0 Å². The van der Waals surface area contributed by atoms with E-state index in [2.05, 4.69) is 25.1 Å². The van der Waals surface area contributed by atoms with Crippen LogP contribution < -0.4 is 11.0 Å². The zero-order chi connectivity index (χ0) is 12.8. The summed E-state index contributed by atoms with van der Waals surface area (Å²) >= 11 is 0. The van der Waals surface area contributed by atoms with Crippen LogP contribution in [0.3, 0.4) is 0 Å². The van der Waals surface area contributed by atoms with Crippen molar-refractivity contribution in [1.29, 1.82) is 0 Å². The predicted octanol–water partition coefficient (Wildman–Crippen LogP) is -0.0851. The molecule has 19 heavy (non-hydrogen) atoms. The highest BCUT2D eigenvalue weighted by Crippen LogP contribution is 2.12. The summed E-state index contributed by atoms with van der Waals surface area (Å²) in [6.45, 7) is 0. The molecule has 0 N–H and O–H groups in total. The van der Waals surface area contributed by atoms with Crippen LogP contribution >= 0.6 is 0 Å². The third kappa shape index (κ3) is 1.38. The van der Waals surface area contributed by atoms with Gasteiger partial charge in [0.05, 0.1) is 0 Å². The number of hydrogen-bond acceptors (Lipinski definition) is 6. The van der Waals surface area contributed by atoms with Gasteiger partial charge in [0.15, 0.2) is 22.7 Å². The first kappa shape index (κ1) is 10.0. The molecule has 3 aromatic rings. The average Bonchev–Trinajstić information content (AvgIpc) is 3.05. The first-order valence-electron chi connectivity index (χ1n) is 5.59. The minimum Gasteiger partial charge on any atom is -0.243 e. The van der Waals surface area contributed by atoms with Crippen LogP contribution in [0.15, 0.2) is 51.4 Å². The molecule has 1 aliphatic rings. The van der Waals surface area contributed by atoms with Crippen molar-refractivity contribution < 1.29 is 0 Å². The van der Waals surface area contributed by atoms with Gasteiger partial charge in [-0.2, -0.15) is 14.6 Å². The lowest BCUT2D eigenvalue weighted by Gasteiger charge is -1.94. The van der Waals surface area contributed by atoms with Crippen LogP contribution in [-0.4, -0.2) is 25.4 Å². The number of aliphatic imine (C=N–C) groups is 1. The fourth-order valence-electron chi connectivity index (χ4n) is 1.96. The quantitative estimate of drug-likeness (QED) is 0.604. The van der Waals surface area contributed by atoms with Crippen LogP contribution in [0.1, 0.15) is 5.56 Å². The molecule has 4 rings (SSSR count). The van der Waals surface area contributed by atoms with E-state index in [1.165, 1.54) is 6.33 Å². The summed E-state index contributed by atoms with van der Waals surface area (Å²) in [7, 11) is 0. The molecular weight excluding hydrogens is 244 g/mol. The Morgan fingerprint density at radius 1 is 1.05 bits per heavy atom. The van der Waals surface area contributed by atoms with Gasteiger partial charge in [-0.3, -0.25) is 0 Å². The van der Waals surface area contributed by atoms with Gasteiger partial charge in [0.2, 0.25) is 0 Å². The van der Waals surface area contributed by atoms with Gasteiger partial charge in [-0.05, 0) is 0 Å². The third-order valence-electron chi connectivity index (χ3n) is 2.82. The maximum Gasteiger partial charge on any atom is 0.372 e. The first-order valence-corrected chi connectivity index (χ1v) is 5.59. The second kappa shape index (κ2) is 3.52. The molecule has 2 aromatic heterocycles. The molecule has 0 fully saturated rings. The molecule has 0 spiro atoms. The van der Waals surface area contributed by atoms with E-state index >= 15 is 0 Å². The first-order chi connectivity index (χ1) is 9.33. The van der Waals surface area contributed by atoms with Gasteiger partial charge >= 0.3 is 5.69 Å². The van der Waals surface area contributed by atoms with E-state index in [1.807, 2.05) is 30.3 Å². The Morgan fingerprint density at radius 3 is 2.74 bits per heavy atom. The van der Waals surface area contributed by atoms with Crippen molar-refractivity contribution in [3.05, 3.63) is 58.1 Å². The fraction of sp³-hybridized carbons (Fsp3) is 0. The highest BCUT2D eigenvalue weighted by atomic mass is 16.1. The molecule has 0 bridgehead atoms. The van der Waals surface area contributed by atoms with Crippen LogP contribution in [0.5, 0.6) is 0 Å². The van der Waals surface area contributed by atoms with Gasteiger partial charge in [-0.1, -0.05) is 30.3 Å². The molecule has 0 amide bonds. The van der Waals surface area contributed by atoms with Gasteiger partial charge < -0.3 is 0 Å². The standard InChI is InChI=1S/C12H6N6O/c19-12-17-10-8(11-13-6-14-18(11)12)15-9(16-10)7-4-2-1-3-5-7/h1-6H. The molecule has 1 aliphatic heterocycles. The Hall–Kier alpha value is -2.96. The van der Waals surface area contributed by atoms with Crippen LogP contribution in [-0.2, 0) is 0 Å². The maximum atomic E-state index is 11.7. The summed E-state index contributed by atoms with van der Waals surface area (Å²) in [6.07, 6.45) is 1.30. The summed E-state index contributed by atoms with van der Waals surface area (Å²) in [5.41, 5.74) is 0.745. The maximum absolute atomic E-state index is 11.7. The minimum atomic E-state index is -0.500. The molecule has 0 unspecified atom stereocenters. The third-order valence-corrected chi connectivity index (χ3v) is 2.82. The number of hydrogen-bond donors (Lipinski definition) is 0. The molecule has 1 aromatic carbocycles. The van der Waals surface area contributed by atoms with E-state index in [0.29, 0.717) is 22.7 Å². The largest absolute Gasteiger partial charge is 0.372 e. The molecular formula is C12H6N6O. The van der Waals surface area contributed by atoms with Crippen LogP contribution in [0.2, 0.25) is 0 Å². The number of aromatic nitrogens is 4. The average molecular weight is 250 g/mol. The zero-order valence-corrected chi connectivity index (χ0v) is 9.56. The highest BCUT2D eigenvalue weighted by molar-refractivity contribution is 6.02. The molecule has 3 heterocycles. The highest BCUT2D eigenvalue weighted by Gasteiger charge is 2.17. The molecule has 7 heteroatoms. The summed E-state index contributed by atoms with van der Waals surface area (Å²) in [5, 5.41) is 4.30. The second-order valence-electron chi connectivity index (χ2n) is 3.98. The van der Waals surface area contributed by atoms with Gasteiger partial charge in [0.1, 0.15) is 6.33 Å². The Kier molecular flexibility index (Phi) is 1.85. The van der Waals surface area contributed by atoms with Crippen molar-refractivity contribution >= 4 is 17.3 Å². The topological polar surface area (TPSA) is 84.9 Å². The van der Waals surface area contributed by atoms with Crippen molar-refractivity contribution in [1.82, 2.24) is 19.6 Å². The number of fused-ring (bicyclic) bond motifs is 3. The van der Waals surface area contributed by atoms with Gasteiger partial charge in [0.25, 0.3) is 0 Å². The zero-order valence-electron chi connectivity index (χ0n) is 9.56. The van der Waals surface area contributed by atoms with Crippen molar-refractivity contribution in [2.45, 2.75) is 0 Å². The summed E-state index contributed by atoms with van der Waals surface area (Å²) in [6, 6.07) is 9.50. The van der Waals surface area contributed by atoms with E-state index in [-0.39, 0.29) is 0 Å². The molecule has 0 saturated heterocycles. The lowest BCUT2D eigenvalue weighted by Crippen LogP contribution is -2.23. The van der Waals surface area contributed by atoms with E-state index in [1.54, 1.807) is 0 Å². The Labute approximate surface area is 106 Å². The normalized spacial score (nSPS) is 13.2. The number of benzene rings is 1. The number of amidine groups is 1. The number of nitrogens with zero attached hydrogens (tertiary/aromatic N) is 6. The van der Waals surface area contributed by atoms with E-state index < -0.39 is 5.69 Å². The molecule has 0 atom stereocenters. The monoisotopic (exact) mass is 250 g/mol. The van der Waals surface area contributed by atoms with Crippen LogP contribution in [0.25, 0.3) is 5.65 Å². The Bertz CT molecular complexity index is 928. The molecule has 0 saturated carbocycles. The lowest BCUT2D eigenvalue weighted by atomic mass is 10.2. The van der Waals surface area contributed by atoms with Gasteiger partial charge in [-0.15, -0.1) is 0 Å². The molecule has 0 aliphatic carbocycles. The summed E-state index contributed by atoms with van der Waals surface area (Å²) in [5.74, 6) is 0.822. The summed E-state index contributed by atoms with van der Waals surface area (Å²) < 4.78 is 1.12. The van der Waals surface area contributed by atoms with Crippen LogP contribution in [0, 0.1) is 0 Å². The predicted molar refractivity (Wildman–Crippen MR) is 66.4 cm³/mol. The summed E-state index contributed by atoms with van der Waals surface area (Å²) in [4.78, 5) is 28.2. The van der Waals surface area contributed by atoms with E-state index in [0.717, 1.165) is 10.1 Å². The number of rotatable bonds is 1. The van der Waals surface area contributed by atoms with Crippen molar-refractivity contribution in [2.24, 2.45) is 9.98 Å². The van der Waals surface area contributed by atoms with Crippen LogP contribution in [0.4, 0.5) is 5.82 Å². The van der Waals surface area contributed by atoms with Gasteiger partial charge in [-0.25, -0.2) is 19.8 Å². The van der Waals surface area contributed by atoms with E-state index in [4.69, 9.17) is 0 Å². The fourth-order valence-corrected chi connectivity index (χ4v) is 1.96. The Balaban J connectivity index is 2.02. The minimum absolute atomic E-state index is 0.296. The van der Waals surface area contributed by atoms with Crippen molar-refractivity contribution in [2.75, 3.05) is 0 Å². The second-order valence-corrected chi connectivity index (χ2v) is 3.98. The Morgan fingerprint density at radius 2 is 1.89 bits per heavy atom. The molecule has 7 nitrogen and oxygen atoms in total. The smallest absolute Gasteiger partial charge is 0.243 e. The van der Waals surface area contributed by atoms with Gasteiger partial charge in [0, 0.05) is 5.56 Å². The molecule has 0 radical (unpaired) electrons. The SMILES string of the molecule is O=c1nc2c(c3ncnn13)=NC(c1ccccc1)=N2. The van der Waals surface area contributed by atoms with Crippen molar-refractivity contribution in [3.8, 4) is 0 Å².